The average molecular weight is 593 g/mol. The summed E-state index contributed by atoms with van der Waals surface area (Å²) >= 11 is 10.3. The number of hydrogen-bond acceptors (Lipinski definition) is 5. The second-order valence-corrected chi connectivity index (χ2v) is 9.01. The van der Waals surface area contributed by atoms with E-state index < -0.39 is 5.91 Å². The van der Waals surface area contributed by atoms with E-state index >= 15 is 0 Å². The molecule has 9 heteroatoms. The molecule has 6 nitrogen and oxygen atoms in total. The van der Waals surface area contributed by atoms with Crippen molar-refractivity contribution in [1.82, 2.24) is 5.43 Å². The predicted octanol–water partition coefficient (Wildman–Crippen LogP) is 5.65. The molecule has 0 spiro atoms. The normalized spacial score (nSPS) is 11.2. The van der Waals surface area contributed by atoms with Crippen LogP contribution in [-0.2, 0) is 4.79 Å². The number of amides is 1. The Morgan fingerprint density at radius 1 is 1.24 bits per heavy atom. The second kappa shape index (κ2) is 10.4. The molecule has 156 valence electrons. The topological polar surface area (TPSA) is 80.2 Å². The van der Waals surface area contributed by atoms with Crippen LogP contribution in [0.1, 0.15) is 36.5 Å². The highest BCUT2D eigenvalue weighted by Gasteiger charge is 2.17. The Bertz CT molecular complexity index is 946. The molecule has 0 aromatic heterocycles. The van der Waals surface area contributed by atoms with Gasteiger partial charge in [0.25, 0.3) is 5.91 Å². The molecule has 0 saturated carbocycles. The zero-order chi connectivity index (χ0) is 21.7. The molecule has 0 radical (unpaired) electrons. The van der Waals surface area contributed by atoms with Gasteiger partial charge in [-0.3, -0.25) is 4.79 Å². The number of carbonyl (C=O) groups is 1. The van der Waals surface area contributed by atoms with Crippen molar-refractivity contribution >= 4 is 59.9 Å². The zero-order valence-corrected chi connectivity index (χ0v) is 21.1. The van der Waals surface area contributed by atoms with Crippen molar-refractivity contribution in [1.29, 1.82) is 0 Å². The van der Waals surface area contributed by atoms with Crippen LogP contribution in [0, 0.1) is 6.92 Å². The largest absolute Gasteiger partial charge is 0.503 e. The molecular formula is C20H21Br3N2O4. The van der Waals surface area contributed by atoms with Crippen LogP contribution < -0.4 is 14.9 Å². The van der Waals surface area contributed by atoms with Gasteiger partial charge in [-0.1, -0.05) is 29.8 Å². The first-order valence-corrected chi connectivity index (χ1v) is 11.0. The van der Waals surface area contributed by atoms with E-state index in [1.54, 1.807) is 12.1 Å². The molecule has 0 aliphatic rings. The summed E-state index contributed by atoms with van der Waals surface area (Å²) in [6.45, 7) is 5.90. The summed E-state index contributed by atoms with van der Waals surface area (Å²) < 4.78 is 13.1. The lowest BCUT2D eigenvalue weighted by atomic mass is 10.0. The highest BCUT2D eigenvalue weighted by molar-refractivity contribution is 9.11. The lowest BCUT2D eigenvalue weighted by molar-refractivity contribution is -0.123. The smallest absolute Gasteiger partial charge is 0.277 e. The van der Waals surface area contributed by atoms with Crippen molar-refractivity contribution in [2.75, 3.05) is 13.7 Å². The van der Waals surface area contributed by atoms with Gasteiger partial charge in [0.15, 0.2) is 18.1 Å². The number of hydrogen-bond donors (Lipinski definition) is 2. The zero-order valence-electron chi connectivity index (χ0n) is 16.3. The molecule has 29 heavy (non-hydrogen) atoms. The van der Waals surface area contributed by atoms with Crippen LogP contribution in [-0.4, -0.2) is 30.9 Å². The minimum atomic E-state index is -0.395. The van der Waals surface area contributed by atoms with Crippen molar-refractivity contribution < 1.29 is 19.4 Å². The summed E-state index contributed by atoms with van der Waals surface area (Å²) in [7, 11) is 1.45. The van der Waals surface area contributed by atoms with E-state index in [1.807, 2.05) is 13.0 Å². The van der Waals surface area contributed by atoms with Gasteiger partial charge in [-0.2, -0.15) is 5.10 Å². The fourth-order valence-electron chi connectivity index (χ4n) is 2.46. The Kier molecular flexibility index (Phi) is 8.54. The fraction of sp³-hybridized carbons (Fsp3) is 0.300. The average Bonchev–Trinajstić information content (AvgIpc) is 2.67. The van der Waals surface area contributed by atoms with Crippen LogP contribution >= 0.6 is 47.8 Å². The number of phenols is 1. The Balaban J connectivity index is 2.05. The minimum Gasteiger partial charge on any atom is -0.503 e. The van der Waals surface area contributed by atoms with E-state index in [0.717, 1.165) is 20.1 Å². The quantitative estimate of drug-likeness (QED) is 0.322. The molecule has 0 saturated heterocycles. The van der Waals surface area contributed by atoms with E-state index in [4.69, 9.17) is 9.47 Å². The monoisotopic (exact) mass is 590 g/mol. The Labute approximate surface area is 195 Å². The summed E-state index contributed by atoms with van der Waals surface area (Å²) in [6.07, 6.45) is 1.45. The lowest BCUT2D eigenvalue weighted by Gasteiger charge is -2.18. The number of benzene rings is 2. The van der Waals surface area contributed by atoms with Crippen molar-refractivity contribution in [3.8, 4) is 17.2 Å². The molecule has 2 N–H and O–H groups in total. The third-order valence-corrected chi connectivity index (χ3v) is 6.46. The maximum atomic E-state index is 12.1. The van der Waals surface area contributed by atoms with E-state index in [-0.39, 0.29) is 18.3 Å². The van der Waals surface area contributed by atoms with Crippen LogP contribution in [0.15, 0.2) is 36.7 Å². The minimum absolute atomic E-state index is 0.00147. The number of nitrogens with zero attached hydrogens (tertiary/aromatic N) is 1. The summed E-state index contributed by atoms with van der Waals surface area (Å²) in [5.41, 5.74) is 5.06. The number of methoxy groups -OCH3 is 1. The lowest BCUT2D eigenvalue weighted by Crippen LogP contribution is -2.25. The summed E-state index contributed by atoms with van der Waals surface area (Å²) in [4.78, 5) is 12.1. The predicted molar refractivity (Wildman–Crippen MR) is 124 cm³/mol. The highest BCUT2D eigenvalue weighted by Crippen LogP contribution is 2.40. The number of phenolic OH excluding ortho intramolecular Hbond substituents is 1. The van der Waals surface area contributed by atoms with Crippen LogP contribution in [0.3, 0.4) is 0 Å². The van der Waals surface area contributed by atoms with E-state index in [2.05, 4.69) is 72.2 Å². The Morgan fingerprint density at radius 3 is 2.55 bits per heavy atom. The van der Waals surface area contributed by atoms with E-state index in [9.17, 15) is 9.90 Å². The third kappa shape index (κ3) is 5.96. The molecule has 0 fully saturated rings. The first-order valence-electron chi connectivity index (χ1n) is 8.65. The maximum Gasteiger partial charge on any atom is 0.277 e. The van der Waals surface area contributed by atoms with Gasteiger partial charge >= 0.3 is 0 Å². The summed E-state index contributed by atoms with van der Waals surface area (Å²) in [5, 5.41) is 13.8. The number of nitrogens with one attached hydrogen (secondary N) is 1. The maximum absolute atomic E-state index is 12.1. The second-order valence-electron chi connectivity index (χ2n) is 6.51. The van der Waals surface area contributed by atoms with Gasteiger partial charge in [-0.05, 0) is 79.6 Å². The molecule has 0 atom stereocenters. The van der Waals surface area contributed by atoms with Gasteiger partial charge in [-0.25, -0.2) is 5.43 Å². The van der Waals surface area contributed by atoms with Crippen molar-refractivity contribution in [2.45, 2.75) is 26.7 Å². The fourth-order valence-corrected chi connectivity index (χ4v) is 4.19. The number of rotatable bonds is 7. The highest BCUT2D eigenvalue weighted by atomic mass is 79.9. The summed E-state index contributed by atoms with van der Waals surface area (Å²) in [6, 6.07) is 5.26. The van der Waals surface area contributed by atoms with Gasteiger partial charge in [0.1, 0.15) is 5.75 Å². The van der Waals surface area contributed by atoms with E-state index in [1.165, 1.54) is 13.3 Å². The van der Waals surface area contributed by atoms with Gasteiger partial charge in [-0.15, -0.1) is 0 Å². The van der Waals surface area contributed by atoms with Crippen molar-refractivity contribution in [2.24, 2.45) is 5.10 Å². The van der Waals surface area contributed by atoms with Crippen molar-refractivity contribution in [3.63, 3.8) is 0 Å². The first-order chi connectivity index (χ1) is 13.6. The van der Waals surface area contributed by atoms with Crippen LogP contribution in [0.5, 0.6) is 17.2 Å². The third-order valence-electron chi connectivity index (χ3n) is 4.07. The number of aromatic hydroxyl groups is 1. The van der Waals surface area contributed by atoms with Crippen LogP contribution in [0.4, 0.5) is 0 Å². The molecule has 0 aliphatic carbocycles. The SMILES string of the molecule is COc1cc(C=NNC(=O)COc2c(C(C)C)cc(Br)c(C)c2Br)cc(Br)c1O. The summed E-state index contributed by atoms with van der Waals surface area (Å²) in [5.74, 6) is 0.771. The van der Waals surface area contributed by atoms with Crippen molar-refractivity contribution in [3.05, 3.63) is 48.3 Å². The number of ether oxygens (including phenoxy) is 2. The molecule has 0 unspecified atom stereocenters. The molecule has 2 rings (SSSR count). The first kappa shape index (κ1) is 23.7. The van der Waals surface area contributed by atoms with Gasteiger partial charge < -0.3 is 14.6 Å². The molecule has 0 heterocycles. The molecule has 0 aliphatic heterocycles. The standard InChI is InChI=1S/C20H21Br3N2O4/c1-10(2)13-7-14(21)11(3)18(23)20(13)29-9-17(26)25-24-8-12-5-15(22)19(27)16(6-12)28-4/h5-8,10,27H,9H2,1-4H3,(H,25,26). The molecular weight excluding hydrogens is 572 g/mol. The van der Waals surface area contributed by atoms with Crippen LogP contribution in [0.25, 0.3) is 0 Å². The number of hydrazone groups is 1. The Hall–Kier alpha value is -1.58. The molecule has 2 aromatic rings. The van der Waals surface area contributed by atoms with Gasteiger partial charge in [0, 0.05) is 4.47 Å². The van der Waals surface area contributed by atoms with E-state index in [0.29, 0.717) is 21.5 Å². The molecule has 0 bridgehead atoms. The van der Waals surface area contributed by atoms with Gasteiger partial charge in [0.05, 0.1) is 22.3 Å². The van der Waals surface area contributed by atoms with Crippen LogP contribution in [0.2, 0.25) is 0 Å². The molecule has 1 amide bonds. The number of halogens is 3. The molecule has 2 aromatic carbocycles. The number of carbonyl (C=O) groups excluding carboxylic acids is 1. The Morgan fingerprint density at radius 2 is 1.93 bits per heavy atom. The van der Waals surface area contributed by atoms with Gasteiger partial charge in [0.2, 0.25) is 0 Å².